The van der Waals surface area contributed by atoms with Gasteiger partial charge in [0, 0.05) is 0 Å². The van der Waals surface area contributed by atoms with Gasteiger partial charge in [-0.3, -0.25) is 4.79 Å². The van der Waals surface area contributed by atoms with Crippen LogP contribution in [0, 0.1) is 0 Å². The molecule has 17 heavy (non-hydrogen) atoms. The van der Waals surface area contributed by atoms with Gasteiger partial charge < -0.3 is 5.11 Å². The van der Waals surface area contributed by atoms with E-state index in [0.717, 1.165) is 15.8 Å². The van der Waals surface area contributed by atoms with Crippen LogP contribution in [-0.4, -0.2) is 9.06 Å². The fourth-order valence-corrected chi connectivity index (χ4v) is 2.73. The summed E-state index contributed by atoms with van der Waals surface area (Å²) < 4.78 is 2.59. The molecule has 0 amide bonds. The standard InChI is InChI=1S/C13H9NO2S/c15-10-7-5-9(6-8-10)14-13(16)11-3-1-2-4-12(11)17-14/h1-8,15H. The summed E-state index contributed by atoms with van der Waals surface area (Å²) in [5.74, 6) is 0.197. The summed E-state index contributed by atoms with van der Waals surface area (Å²) >= 11 is 1.41. The van der Waals surface area contributed by atoms with Crippen LogP contribution in [0.25, 0.3) is 15.8 Å². The number of hydrogen-bond acceptors (Lipinski definition) is 3. The minimum atomic E-state index is -0.0173. The molecule has 0 spiro atoms. The fourth-order valence-electron chi connectivity index (χ4n) is 1.73. The van der Waals surface area contributed by atoms with Crippen LogP contribution in [0.1, 0.15) is 0 Å². The summed E-state index contributed by atoms with van der Waals surface area (Å²) in [6.45, 7) is 0. The Kier molecular flexibility index (Phi) is 2.23. The molecule has 1 heterocycles. The van der Waals surface area contributed by atoms with Crippen molar-refractivity contribution in [1.29, 1.82) is 0 Å². The molecule has 0 atom stereocenters. The second-order valence-corrected chi connectivity index (χ2v) is 4.69. The molecule has 1 aromatic heterocycles. The average Bonchev–Trinajstić information content (AvgIpc) is 2.69. The molecule has 0 bridgehead atoms. The largest absolute Gasteiger partial charge is 0.508 e. The number of benzene rings is 2. The highest BCUT2D eigenvalue weighted by Gasteiger charge is 2.07. The van der Waals surface area contributed by atoms with Crippen LogP contribution >= 0.6 is 11.5 Å². The Labute approximate surface area is 101 Å². The van der Waals surface area contributed by atoms with Crippen molar-refractivity contribution in [3.05, 3.63) is 58.9 Å². The van der Waals surface area contributed by atoms with E-state index in [0.29, 0.717) is 0 Å². The quantitative estimate of drug-likeness (QED) is 0.714. The van der Waals surface area contributed by atoms with E-state index in [1.165, 1.54) is 11.5 Å². The normalized spacial score (nSPS) is 10.8. The van der Waals surface area contributed by atoms with Crippen molar-refractivity contribution in [2.24, 2.45) is 0 Å². The van der Waals surface area contributed by atoms with Gasteiger partial charge in [0.2, 0.25) is 0 Å². The van der Waals surface area contributed by atoms with Crippen LogP contribution < -0.4 is 5.56 Å². The molecule has 84 valence electrons. The van der Waals surface area contributed by atoms with Crippen LogP contribution in [0.3, 0.4) is 0 Å². The zero-order valence-electron chi connectivity index (χ0n) is 8.83. The maximum Gasteiger partial charge on any atom is 0.273 e. The Hall–Kier alpha value is -2.07. The van der Waals surface area contributed by atoms with Crippen LogP contribution in [-0.2, 0) is 0 Å². The predicted molar refractivity (Wildman–Crippen MR) is 69.1 cm³/mol. The number of phenols is 1. The molecule has 3 aromatic rings. The highest BCUT2D eigenvalue weighted by Crippen LogP contribution is 2.20. The van der Waals surface area contributed by atoms with Gasteiger partial charge in [-0.2, -0.15) is 0 Å². The van der Waals surface area contributed by atoms with E-state index >= 15 is 0 Å². The van der Waals surface area contributed by atoms with Gasteiger partial charge in [0.25, 0.3) is 5.56 Å². The van der Waals surface area contributed by atoms with Gasteiger partial charge in [-0.25, -0.2) is 3.96 Å². The van der Waals surface area contributed by atoms with E-state index in [1.54, 1.807) is 28.2 Å². The highest BCUT2D eigenvalue weighted by atomic mass is 32.1. The second kappa shape index (κ2) is 3.75. The third kappa shape index (κ3) is 1.62. The van der Waals surface area contributed by atoms with Gasteiger partial charge in [-0.1, -0.05) is 23.7 Å². The lowest BCUT2D eigenvalue weighted by atomic mass is 10.3. The number of nitrogens with zero attached hydrogens (tertiary/aromatic N) is 1. The van der Waals surface area contributed by atoms with Crippen molar-refractivity contribution in [3.8, 4) is 11.4 Å². The van der Waals surface area contributed by atoms with Gasteiger partial charge in [0.1, 0.15) is 5.75 Å². The van der Waals surface area contributed by atoms with E-state index in [9.17, 15) is 9.90 Å². The number of rotatable bonds is 1. The Morgan fingerprint density at radius 3 is 2.41 bits per heavy atom. The first-order valence-corrected chi connectivity index (χ1v) is 5.93. The SMILES string of the molecule is O=c1c2ccccc2sn1-c1ccc(O)cc1. The van der Waals surface area contributed by atoms with Crippen LogP contribution in [0.2, 0.25) is 0 Å². The van der Waals surface area contributed by atoms with Gasteiger partial charge in [-0.15, -0.1) is 0 Å². The molecule has 2 aromatic carbocycles. The molecular weight excluding hydrogens is 234 g/mol. The van der Waals surface area contributed by atoms with Crippen LogP contribution in [0.5, 0.6) is 5.75 Å². The molecule has 3 nitrogen and oxygen atoms in total. The van der Waals surface area contributed by atoms with E-state index in [-0.39, 0.29) is 11.3 Å². The Morgan fingerprint density at radius 2 is 1.71 bits per heavy atom. The topological polar surface area (TPSA) is 42.2 Å². The lowest BCUT2D eigenvalue weighted by molar-refractivity contribution is 0.475. The first-order valence-electron chi connectivity index (χ1n) is 5.16. The molecule has 0 saturated heterocycles. The van der Waals surface area contributed by atoms with E-state index in [4.69, 9.17) is 0 Å². The van der Waals surface area contributed by atoms with Crippen molar-refractivity contribution in [3.63, 3.8) is 0 Å². The molecular formula is C13H9NO2S. The molecule has 0 fully saturated rings. The molecule has 0 saturated carbocycles. The molecule has 0 aliphatic heterocycles. The smallest absolute Gasteiger partial charge is 0.273 e. The molecule has 0 aliphatic carbocycles. The van der Waals surface area contributed by atoms with Crippen molar-refractivity contribution in [2.45, 2.75) is 0 Å². The Balaban J connectivity index is 2.27. The second-order valence-electron chi connectivity index (χ2n) is 3.70. The highest BCUT2D eigenvalue weighted by molar-refractivity contribution is 7.14. The minimum Gasteiger partial charge on any atom is -0.508 e. The van der Waals surface area contributed by atoms with Gasteiger partial charge in [-0.05, 0) is 36.4 Å². The predicted octanol–water partition coefficient (Wildman–Crippen LogP) is 2.76. The number of fused-ring (bicyclic) bond motifs is 1. The molecule has 4 heteroatoms. The van der Waals surface area contributed by atoms with Gasteiger partial charge >= 0.3 is 0 Å². The summed E-state index contributed by atoms with van der Waals surface area (Å²) in [6.07, 6.45) is 0. The maximum absolute atomic E-state index is 12.1. The summed E-state index contributed by atoms with van der Waals surface area (Å²) in [6, 6.07) is 14.1. The third-order valence-corrected chi connectivity index (χ3v) is 3.69. The zero-order valence-corrected chi connectivity index (χ0v) is 9.65. The minimum absolute atomic E-state index is 0.0173. The zero-order chi connectivity index (χ0) is 11.8. The maximum atomic E-state index is 12.1. The van der Waals surface area contributed by atoms with Crippen molar-refractivity contribution >= 4 is 21.6 Å². The first kappa shape index (κ1) is 10.1. The van der Waals surface area contributed by atoms with Crippen molar-refractivity contribution < 1.29 is 5.11 Å². The fraction of sp³-hybridized carbons (Fsp3) is 0. The Bertz CT molecular complexity index is 725. The van der Waals surface area contributed by atoms with Crippen LogP contribution in [0.4, 0.5) is 0 Å². The lowest BCUT2D eigenvalue weighted by Gasteiger charge is -1.99. The number of hydrogen-bond donors (Lipinski definition) is 1. The van der Waals surface area contributed by atoms with Crippen molar-refractivity contribution in [1.82, 2.24) is 3.96 Å². The third-order valence-electron chi connectivity index (χ3n) is 2.58. The summed E-state index contributed by atoms with van der Waals surface area (Å²) in [5, 5.41) is 9.96. The number of phenolic OH excluding ortho intramolecular Hbond substituents is 1. The Morgan fingerprint density at radius 1 is 1.00 bits per heavy atom. The molecule has 0 aliphatic rings. The summed E-state index contributed by atoms with van der Waals surface area (Å²) in [7, 11) is 0. The number of aromatic hydroxyl groups is 1. The van der Waals surface area contributed by atoms with Crippen molar-refractivity contribution in [2.75, 3.05) is 0 Å². The lowest BCUT2D eigenvalue weighted by Crippen LogP contribution is -2.10. The average molecular weight is 243 g/mol. The molecule has 0 unspecified atom stereocenters. The van der Waals surface area contributed by atoms with E-state index < -0.39 is 0 Å². The first-order chi connectivity index (χ1) is 8.25. The van der Waals surface area contributed by atoms with Crippen LogP contribution in [0.15, 0.2) is 53.3 Å². The van der Waals surface area contributed by atoms with E-state index in [2.05, 4.69) is 0 Å². The molecule has 1 N–H and O–H groups in total. The number of aromatic nitrogens is 1. The molecule has 0 radical (unpaired) electrons. The van der Waals surface area contributed by atoms with Gasteiger partial charge in [0.05, 0.1) is 15.8 Å². The van der Waals surface area contributed by atoms with E-state index in [1.807, 2.05) is 24.3 Å². The molecule has 3 rings (SSSR count). The van der Waals surface area contributed by atoms with Gasteiger partial charge in [0.15, 0.2) is 0 Å². The summed E-state index contributed by atoms with van der Waals surface area (Å²) in [5.41, 5.74) is 0.755. The monoisotopic (exact) mass is 243 g/mol. The summed E-state index contributed by atoms with van der Waals surface area (Å²) in [4.78, 5) is 12.1.